The van der Waals surface area contributed by atoms with Gasteiger partial charge < -0.3 is 14.5 Å². The lowest BCUT2D eigenvalue weighted by atomic mass is 10.1. The summed E-state index contributed by atoms with van der Waals surface area (Å²) in [5.74, 6) is 0.124. The maximum atomic E-state index is 12.8. The molecule has 1 fully saturated rings. The molecule has 1 heterocycles. The highest BCUT2D eigenvalue weighted by Gasteiger charge is 2.24. The van der Waals surface area contributed by atoms with Gasteiger partial charge in [0.2, 0.25) is 0 Å². The number of carbonyl (C=O) groups is 1. The van der Waals surface area contributed by atoms with Crippen molar-refractivity contribution >= 4 is 11.6 Å². The van der Waals surface area contributed by atoms with Crippen LogP contribution in [0.2, 0.25) is 0 Å². The Labute approximate surface area is 146 Å². The number of rotatable bonds is 7. The van der Waals surface area contributed by atoms with Gasteiger partial charge in [-0.15, -0.1) is 0 Å². The summed E-state index contributed by atoms with van der Waals surface area (Å²) < 4.78 is 5.84. The van der Waals surface area contributed by atoms with Gasteiger partial charge in [-0.25, -0.2) is 0 Å². The first-order valence-corrected chi connectivity index (χ1v) is 9.34. The number of ether oxygens (including phenoxy) is 1. The Morgan fingerprint density at radius 1 is 1.29 bits per heavy atom. The summed E-state index contributed by atoms with van der Waals surface area (Å²) in [7, 11) is 0. The molecule has 1 unspecified atom stereocenters. The molecule has 134 valence electrons. The Morgan fingerprint density at radius 3 is 2.58 bits per heavy atom. The van der Waals surface area contributed by atoms with E-state index in [-0.39, 0.29) is 12.0 Å². The Balaban J connectivity index is 2.01. The molecule has 4 nitrogen and oxygen atoms in total. The van der Waals surface area contributed by atoms with Crippen LogP contribution in [0.1, 0.15) is 57.3 Å². The third-order valence-electron chi connectivity index (χ3n) is 4.63. The molecule has 4 heteroatoms. The van der Waals surface area contributed by atoms with Gasteiger partial charge in [-0.2, -0.15) is 0 Å². The summed E-state index contributed by atoms with van der Waals surface area (Å²) in [6, 6.07) is 8.49. The van der Waals surface area contributed by atoms with E-state index < -0.39 is 0 Å². The van der Waals surface area contributed by atoms with Crippen molar-refractivity contribution in [2.45, 2.75) is 59.1 Å². The molecule has 0 aliphatic carbocycles. The highest BCUT2D eigenvalue weighted by Crippen LogP contribution is 2.20. The molecule has 24 heavy (non-hydrogen) atoms. The number of amides is 1. The first kappa shape index (κ1) is 18.8. The zero-order valence-electron chi connectivity index (χ0n) is 15.6. The molecule has 0 N–H and O–H groups in total. The van der Waals surface area contributed by atoms with E-state index in [0.717, 1.165) is 44.5 Å². The molecule has 0 spiro atoms. The molecule has 1 aliphatic heterocycles. The van der Waals surface area contributed by atoms with Crippen LogP contribution >= 0.6 is 0 Å². The van der Waals surface area contributed by atoms with Crippen molar-refractivity contribution in [2.24, 2.45) is 0 Å². The summed E-state index contributed by atoms with van der Waals surface area (Å²) in [6.45, 7) is 11.9. The predicted octanol–water partition coefficient (Wildman–Crippen LogP) is 3.95. The molecule has 1 aliphatic rings. The predicted molar refractivity (Wildman–Crippen MR) is 99.8 cm³/mol. The van der Waals surface area contributed by atoms with Crippen LogP contribution in [0, 0.1) is 0 Å². The van der Waals surface area contributed by atoms with Crippen molar-refractivity contribution in [3.05, 3.63) is 29.8 Å². The van der Waals surface area contributed by atoms with Gasteiger partial charge in [0.15, 0.2) is 0 Å². The van der Waals surface area contributed by atoms with Gasteiger partial charge in [0, 0.05) is 43.5 Å². The molecule has 0 bridgehead atoms. The van der Waals surface area contributed by atoms with Crippen molar-refractivity contribution in [2.75, 3.05) is 31.1 Å². The van der Waals surface area contributed by atoms with Crippen LogP contribution in [-0.4, -0.2) is 49.2 Å². The number of hydrogen-bond donors (Lipinski definition) is 0. The smallest absolute Gasteiger partial charge is 0.253 e. The van der Waals surface area contributed by atoms with E-state index in [4.69, 9.17) is 4.74 Å². The average Bonchev–Trinajstić information content (AvgIpc) is 2.60. The Morgan fingerprint density at radius 2 is 2.00 bits per heavy atom. The largest absolute Gasteiger partial charge is 0.376 e. The lowest BCUT2D eigenvalue weighted by molar-refractivity contribution is 0.00211. The van der Waals surface area contributed by atoms with E-state index in [1.807, 2.05) is 17.0 Å². The van der Waals surface area contributed by atoms with Crippen molar-refractivity contribution < 1.29 is 9.53 Å². The van der Waals surface area contributed by atoms with Crippen LogP contribution in [0.4, 0.5) is 5.69 Å². The first-order chi connectivity index (χ1) is 11.6. The zero-order valence-corrected chi connectivity index (χ0v) is 15.6. The fraction of sp³-hybridized carbons (Fsp3) is 0.650. The molecule has 0 saturated carbocycles. The summed E-state index contributed by atoms with van der Waals surface area (Å²) in [6.07, 6.45) is 3.30. The third-order valence-corrected chi connectivity index (χ3v) is 4.63. The monoisotopic (exact) mass is 332 g/mol. The number of carbonyl (C=O) groups excluding carboxylic acids is 1. The number of piperidine rings is 1. The lowest BCUT2D eigenvalue weighted by Gasteiger charge is -2.33. The normalized spacial score (nSPS) is 18.0. The Kier molecular flexibility index (Phi) is 7.10. The SMILES string of the molecule is CCCOC1CCCN(C(=O)c2ccc(N(CC)C(C)C)cc2)C1. The number of hydrogen-bond acceptors (Lipinski definition) is 3. The van der Waals surface area contributed by atoms with Gasteiger partial charge in [0.05, 0.1) is 6.10 Å². The summed E-state index contributed by atoms with van der Waals surface area (Å²) in [5.41, 5.74) is 1.95. The van der Waals surface area contributed by atoms with Crippen LogP contribution in [0.15, 0.2) is 24.3 Å². The van der Waals surface area contributed by atoms with E-state index >= 15 is 0 Å². The van der Waals surface area contributed by atoms with Crippen molar-refractivity contribution in [1.82, 2.24) is 4.90 Å². The van der Waals surface area contributed by atoms with Crippen LogP contribution in [-0.2, 0) is 4.74 Å². The molecular formula is C20H32N2O2. The minimum absolute atomic E-state index is 0.124. The second kappa shape index (κ2) is 9.07. The van der Waals surface area contributed by atoms with Crippen LogP contribution in [0.5, 0.6) is 0 Å². The number of likely N-dealkylation sites (tertiary alicyclic amines) is 1. The molecule has 2 rings (SSSR count). The quantitative estimate of drug-likeness (QED) is 0.758. The van der Waals surface area contributed by atoms with Gasteiger partial charge in [0.25, 0.3) is 5.91 Å². The highest BCUT2D eigenvalue weighted by atomic mass is 16.5. The van der Waals surface area contributed by atoms with E-state index in [2.05, 4.69) is 44.7 Å². The van der Waals surface area contributed by atoms with E-state index in [9.17, 15) is 4.79 Å². The van der Waals surface area contributed by atoms with Crippen molar-refractivity contribution in [3.8, 4) is 0 Å². The molecule has 1 amide bonds. The van der Waals surface area contributed by atoms with Crippen LogP contribution in [0.3, 0.4) is 0 Å². The minimum atomic E-state index is 0.124. The number of benzene rings is 1. The molecule has 1 aromatic rings. The fourth-order valence-electron chi connectivity index (χ4n) is 3.37. The van der Waals surface area contributed by atoms with Crippen molar-refractivity contribution in [3.63, 3.8) is 0 Å². The highest BCUT2D eigenvalue weighted by molar-refractivity contribution is 5.94. The molecular weight excluding hydrogens is 300 g/mol. The Bertz CT molecular complexity index is 513. The second-order valence-electron chi connectivity index (χ2n) is 6.81. The van der Waals surface area contributed by atoms with Crippen LogP contribution < -0.4 is 4.90 Å². The molecule has 1 aromatic carbocycles. The minimum Gasteiger partial charge on any atom is -0.376 e. The topological polar surface area (TPSA) is 32.8 Å². The lowest BCUT2D eigenvalue weighted by Crippen LogP contribution is -2.43. The number of nitrogens with zero attached hydrogens (tertiary/aromatic N) is 2. The summed E-state index contributed by atoms with van der Waals surface area (Å²) in [5, 5.41) is 0. The Hall–Kier alpha value is -1.55. The molecule has 0 aromatic heterocycles. The van der Waals surface area contributed by atoms with Gasteiger partial charge in [0.1, 0.15) is 0 Å². The summed E-state index contributed by atoms with van der Waals surface area (Å²) in [4.78, 5) is 17.0. The molecule has 0 radical (unpaired) electrons. The second-order valence-corrected chi connectivity index (χ2v) is 6.81. The molecule has 1 atom stereocenters. The molecule has 1 saturated heterocycles. The fourth-order valence-corrected chi connectivity index (χ4v) is 3.37. The van der Waals surface area contributed by atoms with Crippen LogP contribution in [0.25, 0.3) is 0 Å². The van der Waals surface area contributed by atoms with E-state index in [0.29, 0.717) is 12.6 Å². The standard InChI is InChI=1S/C20H32N2O2/c1-5-14-24-19-8-7-13-21(15-19)20(23)17-9-11-18(12-10-17)22(6-2)16(3)4/h9-12,16,19H,5-8,13-15H2,1-4H3. The zero-order chi connectivity index (χ0) is 17.5. The maximum Gasteiger partial charge on any atom is 0.253 e. The summed E-state index contributed by atoms with van der Waals surface area (Å²) >= 11 is 0. The van der Waals surface area contributed by atoms with Gasteiger partial charge in [-0.05, 0) is 64.3 Å². The third kappa shape index (κ3) is 4.73. The maximum absolute atomic E-state index is 12.8. The van der Waals surface area contributed by atoms with Gasteiger partial charge >= 0.3 is 0 Å². The van der Waals surface area contributed by atoms with Gasteiger partial charge in [-0.3, -0.25) is 4.79 Å². The van der Waals surface area contributed by atoms with Crippen molar-refractivity contribution in [1.29, 1.82) is 0 Å². The van der Waals surface area contributed by atoms with E-state index in [1.165, 1.54) is 5.69 Å². The van der Waals surface area contributed by atoms with E-state index in [1.54, 1.807) is 0 Å². The number of anilines is 1. The van der Waals surface area contributed by atoms with Gasteiger partial charge in [-0.1, -0.05) is 6.92 Å². The average molecular weight is 332 g/mol. The first-order valence-electron chi connectivity index (χ1n) is 9.34.